The molecule has 0 bridgehead atoms. The maximum Gasteiger partial charge on any atom is 0.309 e. The average molecular weight is 261 g/mol. The van der Waals surface area contributed by atoms with Gasteiger partial charge in [-0.1, -0.05) is 24.3 Å². The van der Waals surface area contributed by atoms with Gasteiger partial charge >= 0.3 is 5.97 Å². The molecule has 0 saturated carbocycles. The van der Waals surface area contributed by atoms with Crippen LogP contribution in [0.2, 0.25) is 0 Å². The molecule has 0 fully saturated rings. The molecule has 0 amide bonds. The Hall–Kier alpha value is -2.17. The molecule has 5 heteroatoms. The van der Waals surface area contributed by atoms with E-state index in [-0.39, 0.29) is 23.5 Å². The van der Waals surface area contributed by atoms with Crippen LogP contribution >= 0.6 is 0 Å². The number of nitro benzene ring substituents is 1. The number of non-ortho nitro benzene ring substituents is 1. The lowest BCUT2D eigenvalue weighted by atomic mass is 9.79. The Morgan fingerprint density at radius 1 is 1.37 bits per heavy atom. The minimum absolute atomic E-state index is 0.0538. The van der Waals surface area contributed by atoms with Crippen LogP contribution in [0.15, 0.2) is 36.4 Å². The first kappa shape index (κ1) is 13.3. The first-order valence-corrected chi connectivity index (χ1v) is 6.12. The second-order valence-electron chi connectivity index (χ2n) is 4.51. The summed E-state index contributed by atoms with van der Waals surface area (Å²) in [6.07, 6.45) is 5.60. The summed E-state index contributed by atoms with van der Waals surface area (Å²) in [5.41, 5.74) is 0.954. The van der Waals surface area contributed by atoms with E-state index in [0.717, 1.165) is 18.4 Å². The van der Waals surface area contributed by atoms with Crippen molar-refractivity contribution in [1.82, 2.24) is 0 Å². The highest BCUT2D eigenvalue weighted by molar-refractivity contribution is 5.74. The van der Waals surface area contributed by atoms with Crippen molar-refractivity contribution in [2.24, 2.45) is 5.92 Å². The zero-order valence-electron chi connectivity index (χ0n) is 10.6. The van der Waals surface area contributed by atoms with Crippen molar-refractivity contribution in [2.45, 2.75) is 18.8 Å². The van der Waals surface area contributed by atoms with Gasteiger partial charge in [0.05, 0.1) is 18.0 Å². The Morgan fingerprint density at radius 2 is 2.05 bits per heavy atom. The van der Waals surface area contributed by atoms with E-state index in [4.69, 9.17) is 4.74 Å². The third kappa shape index (κ3) is 2.81. The van der Waals surface area contributed by atoms with Crippen LogP contribution in [-0.4, -0.2) is 18.0 Å². The number of nitrogens with zero attached hydrogens (tertiary/aromatic N) is 1. The molecule has 0 heterocycles. The molecule has 5 nitrogen and oxygen atoms in total. The smallest absolute Gasteiger partial charge is 0.309 e. The SMILES string of the molecule is COC(=O)[C@@H]1CCC=C[C@H]1c1ccc([N+](=O)[O-])cc1. The zero-order valence-corrected chi connectivity index (χ0v) is 10.6. The summed E-state index contributed by atoms with van der Waals surface area (Å²) in [5.74, 6) is -0.508. The molecule has 19 heavy (non-hydrogen) atoms. The number of allylic oxidation sites excluding steroid dienone is 2. The molecule has 0 unspecified atom stereocenters. The van der Waals surface area contributed by atoms with Crippen molar-refractivity contribution in [3.05, 3.63) is 52.1 Å². The summed E-state index contributed by atoms with van der Waals surface area (Å²) in [6, 6.07) is 6.33. The Bertz CT molecular complexity index is 507. The maximum absolute atomic E-state index is 11.8. The minimum atomic E-state index is -0.432. The van der Waals surface area contributed by atoms with Crippen molar-refractivity contribution in [3.8, 4) is 0 Å². The van der Waals surface area contributed by atoms with Gasteiger partial charge in [0.2, 0.25) is 0 Å². The first-order valence-electron chi connectivity index (χ1n) is 6.12. The minimum Gasteiger partial charge on any atom is -0.469 e. The van der Waals surface area contributed by atoms with Gasteiger partial charge < -0.3 is 4.74 Å². The van der Waals surface area contributed by atoms with E-state index >= 15 is 0 Å². The number of esters is 1. The monoisotopic (exact) mass is 261 g/mol. The number of nitro groups is 1. The molecule has 0 saturated heterocycles. The molecule has 0 N–H and O–H groups in total. The van der Waals surface area contributed by atoms with Crippen LogP contribution in [-0.2, 0) is 9.53 Å². The molecule has 1 aromatic carbocycles. The van der Waals surface area contributed by atoms with Gasteiger partial charge in [0.1, 0.15) is 0 Å². The van der Waals surface area contributed by atoms with Crippen LogP contribution in [0.1, 0.15) is 24.3 Å². The van der Waals surface area contributed by atoms with E-state index < -0.39 is 4.92 Å². The zero-order chi connectivity index (χ0) is 13.8. The quantitative estimate of drug-likeness (QED) is 0.363. The number of carbonyl (C=O) groups excluding carboxylic acids is 1. The number of hydrogen-bond donors (Lipinski definition) is 0. The van der Waals surface area contributed by atoms with Crippen LogP contribution in [0.3, 0.4) is 0 Å². The number of hydrogen-bond acceptors (Lipinski definition) is 4. The topological polar surface area (TPSA) is 69.4 Å². The van der Waals surface area contributed by atoms with Gasteiger partial charge in [0.15, 0.2) is 0 Å². The number of benzene rings is 1. The van der Waals surface area contributed by atoms with E-state index in [0.29, 0.717) is 0 Å². The lowest BCUT2D eigenvalue weighted by Gasteiger charge is -2.25. The van der Waals surface area contributed by atoms with E-state index in [1.54, 1.807) is 12.1 Å². The second-order valence-corrected chi connectivity index (χ2v) is 4.51. The number of ether oxygens (including phenoxy) is 1. The molecule has 100 valence electrons. The third-order valence-electron chi connectivity index (χ3n) is 3.41. The standard InChI is InChI=1S/C14H15NO4/c1-19-14(16)13-5-3-2-4-12(13)10-6-8-11(9-7-10)15(17)18/h2,4,6-9,12-13H,3,5H2,1H3/t12-,13+/m0/s1. The van der Waals surface area contributed by atoms with Gasteiger partial charge in [-0.15, -0.1) is 0 Å². The van der Waals surface area contributed by atoms with Crippen molar-refractivity contribution in [3.63, 3.8) is 0 Å². The fraction of sp³-hybridized carbons (Fsp3) is 0.357. The summed E-state index contributed by atoms with van der Waals surface area (Å²) in [7, 11) is 1.38. The normalized spacial score (nSPS) is 21.9. The largest absolute Gasteiger partial charge is 0.469 e. The van der Waals surface area contributed by atoms with E-state index in [1.165, 1.54) is 19.2 Å². The Kier molecular flexibility index (Phi) is 3.94. The van der Waals surface area contributed by atoms with E-state index in [1.807, 2.05) is 12.2 Å². The van der Waals surface area contributed by atoms with Crippen molar-refractivity contribution in [2.75, 3.05) is 7.11 Å². The van der Waals surface area contributed by atoms with Crippen LogP contribution in [0.4, 0.5) is 5.69 Å². The lowest BCUT2D eigenvalue weighted by molar-refractivity contribution is -0.384. The molecule has 1 aromatic rings. The summed E-state index contributed by atoms with van der Waals surface area (Å²) < 4.78 is 4.82. The summed E-state index contributed by atoms with van der Waals surface area (Å²) >= 11 is 0. The molecule has 0 spiro atoms. The Balaban J connectivity index is 2.27. The van der Waals surface area contributed by atoms with Gasteiger partial charge in [-0.3, -0.25) is 14.9 Å². The third-order valence-corrected chi connectivity index (χ3v) is 3.41. The molecule has 2 atom stereocenters. The van der Waals surface area contributed by atoms with Crippen molar-refractivity contribution < 1.29 is 14.5 Å². The van der Waals surface area contributed by atoms with Gasteiger partial charge in [-0.2, -0.15) is 0 Å². The summed E-state index contributed by atoms with van der Waals surface area (Å²) in [4.78, 5) is 22.0. The highest BCUT2D eigenvalue weighted by Crippen LogP contribution is 2.34. The Labute approximate surface area is 111 Å². The van der Waals surface area contributed by atoms with Crippen LogP contribution in [0.5, 0.6) is 0 Å². The lowest BCUT2D eigenvalue weighted by Crippen LogP contribution is -2.24. The number of methoxy groups -OCH3 is 1. The highest BCUT2D eigenvalue weighted by atomic mass is 16.6. The highest BCUT2D eigenvalue weighted by Gasteiger charge is 2.30. The average Bonchev–Trinajstić information content (AvgIpc) is 2.46. The van der Waals surface area contributed by atoms with Crippen molar-refractivity contribution in [1.29, 1.82) is 0 Å². The first-order chi connectivity index (χ1) is 9.13. The fourth-order valence-electron chi connectivity index (χ4n) is 2.41. The van der Waals surface area contributed by atoms with Gasteiger partial charge in [-0.25, -0.2) is 0 Å². The summed E-state index contributed by atoms with van der Waals surface area (Å²) in [5, 5.41) is 10.6. The van der Waals surface area contributed by atoms with Crippen LogP contribution in [0.25, 0.3) is 0 Å². The van der Waals surface area contributed by atoms with E-state index in [9.17, 15) is 14.9 Å². The molecular weight excluding hydrogens is 246 g/mol. The number of rotatable bonds is 3. The predicted octanol–water partition coefficient (Wildman–Crippen LogP) is 2.82. The number of carbonyl (C=O) groups is 1. The van der Waals surface area contributed by atoms with Gasteiger partial charge in [0, 0.05) is 18.1 Å². The van der Waals surface area contributed by atoms with Gasteiger partial charge in [-0.05, 0) is 18.4 Å². The van der Waals surface area contributed by atoms with Crippen molar-refractivity contribution >= 4 is 11.7 Å². The molecule has 2 rings (SSSR count). The van der Waals surface area contributed by atoms with Crippen LogP contribution in [0, 0.1) is 16.0 Å². The molecule has 0 aromatic heterocycles. The maximum atomic E-state index is 11.8. The Morgan fingerprint density at radius 3 is 2.63 bits per heavy atom. The van der Waals surface area contributed by atoms with Crippen LogP contribution < -0.4 is 0 Å². The molecule has 1 aliphatic rings. The molecular formula is C14H15NO4. The van der Waals surface area contributed by atoms with Gasteiger partial charge in [0.25, 0.3) is 5.69 Å². The second kappa shape index (κ2) is 5.65. The fourth-order valence-corrected chi connectivity index (χ4v) is 2.41. The molecule has 0 radical (unpaired) electrons. The molecule has 1 aliphatic carbocycles. The van der Waals surface area contributed by atoms with E-state index in [2.05, 4.69) is 0 Å². The molecule has 0 aliphatic heterocycles. The summed E-state index contributed by atoms with van der Waals surface area (Å²) in [6.45, 7) is 0. The predicted molar refractivity (Wildman–Crippen MR) is 69.7 cm³/mol.